The maximum atomic E-state index is 12.8. The van der Waals surface area contributed by atoms with Crippen LogP contribution in [0.4, 0.5) is 0 Å². The molecule has 9 heteroatoms. The minimum absolute atomic E-state index is 0.0233. The normalized spacial score (nSPS) is 20.3. The highest BCUT2D eigenvalue weighted by Gasteiger charge is 2.39. The van der Waals surface area contributed by atoms with Crippen molar-refractivity contribution in [3.8, 4) is 5.75 Å². The number of halogens is 1. The fourth-order valence-corrected chi connectivity index (χ4v) is 5.94. The molecule has 0 saturated carbocycles. The van der Waals surface area contributed by atoms with Crippen molar-refractivity contribution in [1.29, 1.82) is 0 Å². The van der Waals surface area contributed by atoms with Gasteiger partial charge in [-0.2, -0.15) is 0 Å². The molecule has 2 aromatic carbocycles. The Morgan fingerprint density at radius 1 is 1.23 bits per heavy atom. The van der Waals surface area contributed by atoms with E-state index in [1.165, 1.54) is 0 Å². The zero-order valence-electron chi connectivity index (χ0n) is 16.5. The van der Waals surface area contributed by atoms with Crippen LogP contribution in [0.2, 0.25) is 5.02 Å². The molecular weight excluding hydrogens is 426 g/mol. The zero-order valence-corrected chi connectivity index (χ0v) is 18.0. The standard InChI is InChI=1S/C21H22ClN3O4S/c1-21(10-11-30(27,28)14-21)24-20(26)12-25-18-5-3-2-4-17(18)23-19(25)13-29-16-8-6-15(22)7-9-16/h2-9H,10-14H2,1H3,(H,24,26). The van der Waals surface area contributed by atoms with Crippen LogP contribution in [0.25, 0.3) is 11.0 Å². The lowest BCUT2D eigenvalue weighted by Gasteiger charge is -2.24. The summed E-state index contributed by atoms with van der Waals surface area (Å²) >= 11 is 5.91. The average molecular weight is 448 g/mol. The van der Waals surface area contributed by atoms with Crippen molar-refractivity contribution >= 4 is 38.4 Å². The first-order valence-electron chi connectivity index (χ1n) is 9.57. The van der Waals surface area contributed by atoms with Gasteiger partial charge in [-0.15, -0.1) is 0 Å². The largest absolute Gasteiger partial charge is 0.486 e. The summed E-state index contributed by atoms with van der Waals surface area (Å²) in [5.74, 6) is 1.04. The molecule has 3 aromatic rings. The van der Waals surface area contributed by atoms with E-state index >= 15 is 0 Å². The number of sulfone groups is 1. The summed E-state index contributed by atoms with van der Waals surface area (Å²) in [7, 11) is -3.11. The van der Waals surface area contributed by atoms with E-state index in [9.17, 15) is 13.2 Å². The number of carbonyl (C=O) groups excluding carboxylic acids is 1. The van der Waals surface area contributed by atoms with E-state index in [4.69, 9.17) is 16.3 Å². The number of fused-ring (bicyclic) bond motifs is 1. The molecule has 0 radical (unpaired) electrons. The third kappa shape index (κ3) is 4.60. The predicted molar refractivity (Wildman–Crippen MR) is 115 cm³/mol. The summed E-state index contributed by atoms with van der Waals surface area (Å²) in [6.07, 6.45) is 0.415. The topological polar surface area (TPSA) is 90.3 Å². The molecule has 1 aliphatic heterocycles. The van der Waals surface area contributed by atoms with Gasteiger partial charge in [-0.05, 0) is 49.7 Å². The molecular formula is C21H22ClN3O4S. The Hall–Kier alpha value is -2.58. The molecule has 1 unspecified atom stereocenters. The van der Waals surface area contributed by atoms with Crippen LogP contribution in [0.3, 0.4) is 0 Å². The number of hydrogen-bond donors (Lipinski definition) is 1. The zero-order chi connectivity index (χ0) is 21.4. The molecule has 2 heterocycles. The lowest BCUT2D eigenvalue weighted by atomic mass is 10.0. The van der Waals surface area contributed by atoms with Gasteiger partial charge < -0.3 is 14.6 Å². The Morgan fingerprint density at radius 2 is 1.97 bits per heavy atom. The molecule has 0 aliphatic carbocycles. The van der Waals surface area contributed by atoms with Crippen LogP contribution in [-0.4, -0.2) is 40.9 Å². The second-order valence-electron chi connectivity index (χ2n) is 7.80. The van der Waals surface area contributed by atoms with Crippen LogP contribution in [0.5, 0.6) is 5.75 Å². The Labute approximate surface area is 179 Å². The third-order valence-electron chi connectivity index (χ3n) is 5.16. The van der Waals surface area contributed by atoms with Crippen LogP contribution >= 0.6 is 11.6 Å². The monoisotopic (exact) mass is 447 g/mol. The second kappa shape index (κ2) is 7.92. The van der Waals surface area contributed by atoms with Crippen LogP contribution in [-0.2, 0) is 27.8 Å². The van der Waals surface area contributed by atoms with Crippen molar-refractivity contribution in [1.82, 2.24) is 14.9 Å². The average Bonchev–Trinajstić information content (AvgIpc) is 3.17. The molecule has 4 rings (SSSR count). The minimum atomic E-state index is -3.11. The first kappa shape index (κ1) is 20.7. The van der Waals surface area contributed by atoms with Gasteiger partial charge in [0.1, 0.15) is 24.7 Å². The van der Waals surface area contributed by atoms with Crippen LogP contribution in [0, 0.1) is 0 Å². The van der Waals surface area contributed by atoms with E-state index in [0.717, 1.165) is 11.0 Å². The van der Waals surface area contributed by atoms with Crippen molar-refractivity contribution in [3.05, 3.63) is 59.4 Å². The quantitative estimate of drug-likeness (QED) is 0.627. The number of aromatic nitrogens is 2. The number of hydrogen-bond acceptors (Lipinski definition) is 5. The number of para-hydroxylation sites is 2. The maximum absolute atomic E-state index is 12.8. The van der Waals surface area contributed by atoms with Gasteiger partial charge in [-0.25, -0.2) is 13.4 Å². The number of amides is 1. The van der Waals surface area contributed by atoms with Crippen molar-refractivity contribution in [2.45, 2.75) is 32.0 Å². The molecule has 1 amide bonds. The number of nitrogens with zero attached hydrogens (tertiary/aromatic N) is 2. The molecule has 1 atom stereocenters. The first-order chi connectivity index (χ1) is 14.2. The predicted octanol–water partition coefficient (Wildman–Crippen LogP) is 2.96. The highest BCUT2D eigenvalue weighted by molar-refractivity contribution is 7.91. The third-order valence-corrected chi connectivity index (χ3v) is 7.32. The van der Waals surface area contributed by atoms with Crippen LogP contribution in [0.1, 0.15) is 19.2 Å². The lowest BCUT2D eigenvalue weighted by molar-refractivity contribution is -0.123. The fraction of sp³-hybridized carbons (Fsp3) is 0.333. The Kier molecular flexibility index (Phi) is 5.46. The maximum Gasteiger partial charge on any atom is 0.240 e. The molecule has 0 bridgehead atoms. The molecule has 1 saturated heterocycles. The van der Waals surface area contributed by atoms with Gasteiger partial charge in [-0.3, -0.25) is 4.79 Å². The lowest BCUT2D eigenvalue weighted by Crippen LogP contribution is -2.48. The van der Waals surface area contributed by atoms with E-state index in [1.807, 2.05) is 24.3 Å². The van der Waals surface area contributed by atoms with Crippen LogP contribution < -0.4 is 10.1 Å². The van der Waals surface area contributed by atoms with E-state index in [1.54, 1.807) is 35.8 Å². The highest BCUT2D eigenvalue weighted by Crippen LogP contribution is 2.24. The van der Waals surface area contributed by atoms with Gasteiger partial charge in [0.15, 0.2) is 9.84 Å². The number of nitrogens with one attached hydrogen (secondary N) is 1. The summed E-state index contributed by atoms with van der Waals surface area (Å²) in [5.41, 5.74) is 0.827. The molecule has 1 aliphatic rings. The van der Waals surface area contributed by atoms with Crippen molar-refractivity contribution in [3.63, 3.8) is 0 Å². The Bertz CT molecular complexity index is 1190. The Morgan fingerprint density at radius 3 is 2.67 bits per heavy atom. The number of benzene rings is 2. The summed E-state index contributed by atoms with van der Waals surface area (Å²) in [6.45, 7) is 1.97. The van der Waals surface area contributed by atoms with Crippen molar-refractivity contribution in [2.24, 2.45) is 0 Å². The molecule has 0 spiro atoms. The highest BCUT2D eigenvalue weighted by atomic mass is 35.5. The molecule has 1 N–H and O–H groups in total. The second-order valence-corrected chi connectivity index (χ2v) is 10.4. The van der Waals surface area contributed by atoms with Gasteiger partial charge in [0.2, 0.25) is 5.91 Å². The van der Waals surface area contributed by atoms with Crippen LogP contribution in [0.15, 0.2) is 48.5 Å². The van der Waals surface area contributed by atoms with E-state index < -0.39 is 15.4 Å². The van der Waals surface area contributed by atoms with Gasteiger partial charge in [0.05, 0.1) is 28.1 Å². The van der Waals surface area contributed by atoms with Gasteiger partial charge in [0.25, 0.3) is 0 Å². The van der Waals surface area contributed by atoms with Crippen molar-refractivity contribution in [2.75, 3.05) is 11.5 Å². The summed E-state index contributed by atoms with van der Waals surface area (Å²) in [6, 6.07) is 14.5. The SMILES string of the molecule is CC1(NC(=O)Cn2c(COc3ccc(Cl)cc3)nc3ccccc32)CCS(=O)(=O)C1. The van der Waals surface area contributed by atoms with Gasteiger partial charge in [0, 0.05) is 5.02 Å². The minimum Gasteiger partial charge on any atom is -0.486 e. The summed E-state index contributed by atoms with van der Waals surface area (Å²) in [4.78, 5) is 17.4. The van der Waals surface area contributed by atoms with E-state index in [-0.39, 0.29) is 30.6 Å². The number of imidazole rings is 1. The molecule has 1 fully saturated rings. The number of carbonyl (C=O) groups is 1. The summed E-state index contributed by atoms with van der Waals surface area (Å²) in [5, 5.41) is 3.52. The Balaban J connectivity index is 1.54. The smallest absolute Gasteiger partial charge is 0.240 e. The molecule has 30 heavy (non-hydrogen) atoms. The van der Waals surface area contributed by atoms with Gasteiger partial charge >= 0.3 is 0 Å². The molecule has 7 nitrogen and oxygen atoms in total. The summed E-state index contributed by atoms with van der Waals surface area (Å²) < 4.78 is 31.3. The van der Waals surface area contributed by atoms with E-state index in [0.29, 0.717) is 23.0 Å². The number of rotatable bonds is 6. The molecule has 1 aromatic heterocycles. The van der Waals surface area contributed by atoms with E-state index in [2.05, 4.69) is 10.3 Å². The van der Waals surface area contributed by atoms with Gasteiger partial charge in [-0.1, -0.05) is 23.7 Å². The number of ether oxygens (including phenoxy) is 1. The fourth-order valence-electron chi connectivity index (χ4n) is 3.72. The molecule has 158 valence electrons. The first-order valence-corrected chi connectivity index (χ1v) is 11.8. The van der Waals surface area contributed by atoms with Crippen molar-refractivity contribution < 1.29 is 17.9 Å².